The second-order valence-electron chi connectivity index (χ2n) is 3.73. The first-order valence-corrected chi connectivity index (χ1v) is 7.70. The fourth-order valence-electron chi connectivity index (χ4n) is 1.51. The van der Waals surface area contributed by atoms with Gasteiger partial charge in [0.2, 0.25) is 0 Å². The third-order valence-corrected chi connectivity index (χ3v) is 4.78. The van der Waals surface area contributed by atoms with Crippen LogP contribution in [0.25, 0.3) is 0 Å². The lowest BCUT2D eigenvalue weighted by atomic mass is 10.1. The normalized spacial score (nSPS) is 12.6. The topological polar surface area (TPSA) is 51.8 Å². The largest absolute Gasteiger partial charge is 0.329 e. The number of halogens is 1. The lowest BCUT2D eigenvalue weighted by molar-refractivity contribution is 0.931. The average Bonchev–Trinajstić information content (AvgIpc) is 2.83. The number of aryl methyl sites for hydroxylation is 1. The van der Waals surface area contributed by atoms with Gasteiger partial charge in [0.1, 0.15) is 5.82 Å². The predicted molar refractivity (Wildman–Crippen MR) is 78.4 cm³/mol. The maximum Gasteiger partial charge on any atom is 0.170 e. The van der Waals surface area contributed by atoms with E-state index in [0.29, 0.717) is 6.54 Å². The Kier molecular flexibility index (Phi) is 5.00. The monoisotopic (exact) mass is 299 g/mol. The molecule has 3 nitrogen and oxygen atoms in total. The molecular weight excluding hydrogens is 286 g/mol. The molecule has 0 saturated heterocycles. The Labute approximate surface area is 120 Å². The molecule has 1 aromatic heterocycles. The van der Waals surface area contributed by atoms with Crippen molar-refractivity contribution in [3.05, 3.63) is 40.7 Å². The van der Waals surface area contributed by atoms with E-state index in [2.05, 4.69) is 9.36 Å². The summed E-state index contributed by atoms with van der Waals surface area (Å²) in [5.41, 5.74) is 6.96. The Morgan fingerprint density at radius 1 is 1.50 bits per heavy atom. The molecule has 18 heavy (non-hydrogen) atoms. The summed E-state index contributed by atoms with van der Waals surface area (Å²) in [4.78, 5) is 4.45. The van der Waals surface area contributed by atoms with Gasteiger partial charge in [-0.2, -0.15) is 4.37 Å². The maximum atomic E-state index is 6.00. The highest BCUT2D eigenvalue weighted by Gasteiger charge is 2.14. The summed E-state index contributed by atoms with van der Waals surface area (Å²) >= 11 is 9.08. The minimum atomic E-state index is 0.168. The molecule has 0 radical (unpaired) electrons. The molecule has 0 aliphatic rings. The van der Waals surface area contributed by atoms with Crippen molar-refractivity contribution in [2.45, 2.75) is 22.9 Å². The third kappa shape index (κ3) is 3.45. The van der Waals surface area contributed by atoms with Gasteiger partial charge in [-0.1, -0.05) is 42.4 Å². The summed E-state index contributed by atoms with van der Waals surface area (Å²) in [5.74, 6) is 0.893. The molecule has 2 rings (SSSR count). The molecule has 1 unspecified atom stereocenters. The SMILES string of the molecule is CCc1nsc(SC(CN)c2cccc(Cl)c2)n1. The number of nitrogens with two attached hydrogens (primary N) is 1. The Hall–Kier alpha value is -0.620. The summed E-state index contributed by atoms with van der Waals surface area (Å²) < 4.78 is 5.24. The first-order valence-electron chi connectivity index (χ1n) is 5.67. The first kappa shape index (κ1) is 13.8. The lowest BCUT2D eigenvalue weighted by Crippen LogP contribution is -2.09. The van der Waals surface area contributed by atoms with Crippen molar-refractivity contribution >= 4 is 34.9 Å². The Morgan fingerprint density at radius 3 is 2.94 bits per heavy atom. The van der Waals surface area contributed by atoms with Crippen LogP contribution >= 0.6 is 34.9 Å². The van der Waals surface area contributed by atoms with E-state index in [1.807, 2.05) is 31.2 Å². The highest BCUT2D eigenvalue weighted by atomic mass is 35.5. The van der Waals surface area contributed by atoms with Gasteiger partial charge in [0.25, 0.3) is 0 Å². The molecule has 0 spiro atoms. The molecule has 1 atom stereocenters. The molecular formula is C12H14ClN3S2. The summed E-state index contributed by atoms with van der Waals surface area (Å²) in [6, 6.07) is 7.80. The number of benzene rings is 1. The molecule has 1 heterocycles. The molecule has 0 aliphatic heterocycles. The van der Waals surface area contributed by atoms with E-state index in [4.69, 9.17) is 17.3 Å². The fourth-order valence-corrected chi connectivity index (χ4v) is 3.62. The Bertz CT molecular complexity index is 516. The minimum absolute atomic E-state index is 0.168. The van der Waals surface area contributed by atoms with Crippen molar-refractivity contribution in [2.24, 2.45) is 5.73 Å². The summed E-state index contributed by atoms with van der Waals surface area (Å²) in [7, 11) is 0. The zero-order valence-corrected chi connectivity index (χ0v) is 12.4. The van der Waals surface area contributed by atoms with E-state index < -0.39 is 0 Å². The highest BCUT2D eigenvalue weighted by Crippen LogP contribution is 2.36. The van der Waals surface area contributed by atoms with Crippen molar-refractivity contribution < 1.29 is 0 Å². The van der Waals surface area contributed by atoms with Crippen LogP contribution in [0.15, 0.2) is 28.6 Å². The zero-order chi connectivity index (χ0) is 13.0. The lowest BCUT2D eigenvalue weighted by Gasteiger charge is -2.12. The molecule has 0 aliphatic carbocycles. The molecule has 6 heteroatoms. The van der Waals surface area contributed by atoms with Gasteiger partial charge in [-0.3, -0.25) is 0 Å². The second kappa shape index (κ2) is 6.52. The molecule has 2 N–H and O–H groups in total. The summed E-state index contributed by atoms with van der Waals surface area (Å²) in [6.45, 7) is 2.60. The molecule has 0 saturated carbocycles. The van der Waals surface area contributed by atoms with Crippen LogP contribution in [-0.4, -0.2) is 15.9 Å². The molecule has 0 fully saturated rings. The fraction of sp³-hybridized carbons (Fsp3) is 0.333. The smallest absolute Gasteiger partial charge is 0.170 e. The van der Waals surface area contributed by atoms with E-state index in [9.17, 15) is 0 Å². The quantitative estimate of drug-likeness (QED) is 0.858. The van der Waals surface area contributed by atoms with Crippen LogP contribution in [0.1, 0.15) is 23.6 Å². The van der Waals surface area contributed by atoms with Crippen molar-refractivity contribution in [2.75, 3.05) is 6.54 Å². The van der Waals surface area contributed by atoms with Crippen molar-refractivity contribution in [1.29, 1.82) is 0 Å². The molecule has 2 aromatic rings. The van der Waals surface area contributed by atoms with E-state index in [1.165, 1.54) is 11.5 Å². The van der Waals surface area contributed by atoms with Crippen LogP contribution in [0.5, 0.6) is 0 Å². The van der Waals surface area contributed by atoms with Gasteiger partial charge in [0.15, 0.2) is 4.34 Å². The Balaban J connectivity index is 2.14. The highest BCUT2D eigenvalue weighted by molar-refractivity contribution is 8.01. The van der Waals surface area contributed by atoms with Gasteiger partial charge >= 0.3 is 0 Å². The third-order valence-electron chi connectivity index (χ3n) is 2.44. The molecule has 96 valence electrons. The molecule has 0 amide bonds. The Morgan fingerprint density at radius 2 is 2.33 bits per heavy atom. The number of aromatic nitrogens is 2. The van der Waals surface area contributed by atoms with Crippen LogP contribution in [0.3, 0.4) is 0 Å². The van der Waals surface area contributed by atoms with Gasteiger partial charge in [0.05, 0.1) is 0 Å². The molecule has 1 aromatic carbocycles. The predicted octanol–water partition coefficient (Wildman–Crippen LogP) is 3.55. The maximum absolute atomic E-state index is 6.00. The van der Waals surface area contributed by atoms with Crippen LogP contribution < -0.4 is 5.73 Å². The van der Waals surface area contributed by atoms with E-state index in [1.54, 1.807) is 11.8 Å². The van der Waals surface area contributed by atoms with Gasteiger partial charge in [-0.25, -0.2) is 4.98 Å². The standard InChI is InChI=1S/C12H14ClN3S2/c1-2-11-15-12(18-16-11)17-10(7-14)8-4-3-5-9(13)6-8/h3-6,10H,2,7,14H2,1H3. The van der Waals surface area contributed by atoms with Crippen LogP contribution in [0.4, 0.5) is 0 Å². The average molecular weight is 300 g/mol. The molecule has 0 bridgehead atoms. The van der Waals surface area contributed by atoms with Crippen molar-refractivity contribution in [1.82, 2.24) is 9.36 Å². The summed E-state index contributed by atoms with van der Waals surface area (Å²) in [5, 5.41) is 0.902. The van der Waals surface area contributed by atoms with Gasteiger partial charge in [-0.15, -0.1) is 0 Å². The number of hydrogen-bond donors (Lipinski definition) is 1. The van der Waals surface area contributed by atoms with Gasteiger partial charge in [0, 0.05) is 23.2 Å². The number of rotatable bonds is 5. The second-order valence-corrected chi connectivity index (χ2v) is 6.37. The van der Waals surface area contributed by atoms with Crippen LogP contribution in [0.2, 0.25) is 5.02 Å². The van der Waals surface area contributed by atoms with Crippen molar-refractivity contribution in [3.63, 3.8) is 0 Å². The van der Waals surface area contributed by atoms with Crippen LogP contribution in [-0.2, 0) is 6.42 Å². The number of hydrogen-bond acceptors (Lipinski definition) is 5. The van der Waals surface area contributed by atoms with E-state index in [-0.39, 0.29) is 5.25 Å². The zero-order valence-electron chi connectivity index (χ0n) is 9.97. The van der Waals surface area contributed by atoms with E-state index >= 15 is 0 Å². The number of nitrogens with zero attached hydrogens (tertiary/aromatic N) is 2. The minimum Gasteiger partial charge on any atom is -0.329 e. The summed E-state index contributed by atoms with van der Waals surface area (Å²) in [6.07, 6.45) is 0.863. The number of thioether (sulfide) groups is 1. The van der Waals surface area contributed by atoms with Gasteiger partial charge in [-0.05, 0) is 29.2 Å². The van der Waals surface area contributed by atoms with Crippen molar-refractivity contribution in [3.8, 4) is 0 Å². The van der Waals surface area contributed by atoms with Gasteiger partial charge < -0.3 is 5.73 Å². The first-order chi connectivity index (χ1) is 8.72. The van der Waals surface area contributed by atoms with E-state index in [0.717, 1.165) is 27.2 Å². The van der Waals surface area contributed by atoms with Crippen LogP contribution in [0, 0.1) is 0 Å².